The van der Waals surface area contributed by atoms with Crippen molar-refractivity contribution in [1.82, 2.24) is 14.7 Å². The number of rotatable bonds is 9. The molecule has 0 aromatic heterocycles. The number of methoxy groups -OCH3 is 2. The number of amides is 2. The summed E-state index contributed by atoms with van der Waals surface area (Å²) in [6.45, 7) is 4.49. The number of likely N-dealkylation sites (tertiary alicyclic amines) is 1. The van der Waals surface area contributed by atoms with E-state index in [1.807, 2.05) is 25.1 Å². The molecule has 3 aliphatic rings. The van der Waals surface area contributed by atoms with Crippen LogP contribution in [0.15, 0.2) is 28.8 Å². The van der Waals surface area contributed by atoms with E-state index in [-0.39, 0.29) is 34.7 Å². The van der Waals surface area contributed by atoms with Gasteiger partial charge in [0.05, 0.1) is 38.3 Å². The van der Waals surface area contributed by atoms with Crippen LogP contribution in [-0.4, -0.2) is 101 Å². The molecule has 10 nitrogen and oxygen atoms in total. The Balaban J connectivity index is 1.61. The van der Waals surface area contributed by atoms with E-state index in [4.69, 9.17) is 9.47 Å². The summed E-state index contributed by atoms with van der Waals surface area (Å²) in [5.74, 6) is -1.12. The third-order valence-corrected chi connectivity index (χ3v) is 9.05. The van der Waals surface area contributed by atoms with Crippen LogP contribution in [0.5, 0.6) is 11.5 Å². The van der Waals surface area contributed by atoms with Gasteiger partial charge in [-0.25, -0.2) is 4.79 Å². The molecule has 2 N–H and O–H groups in total. The summed E-state index contributed by atoms with van der Waals surface area (Å²) in [5.41, 5.74) is 0.894. The smallest absolute Gasteiger partial charge is 0.353 e. The largest absolute Gasteiger partial charge is 0.493 e. The van der Waals surface area contributed by atoms with E-state index in [9.17, 15) is 24.6 Å². The number of carboxylic acid groups (broad SMARTS) is 1. The molecular weight excluding hydrogens is 498 g/mol. The minimum atomic E-state index is -1.15. The highest BCUT2D eigenvalue weighted by atomic mass is 32.2. The molecule has 1 aromatic rings. The fourth-order valence-electron chi connectivity index (χ4n) is 5.83. The van der Waals surface area contributed by atoms with Gasteiger partial charge in [-0.3, -0.25) is 14.5 Å². The molecule has 0 aliphatic carbocycles. The number of aliphatic hydroxyl groups excluding tert-OH is 1. The molecule has 4 rings (SSSR count). The summed E-state index contributed by atoms with van der Waals surface area (Å²) in [7, 11) is 6.61. The number of carbonyl (C=O) groups excluding carboxylic acids is 2. The van der Waals surface area contributed by atoms with Gasteiger partial charge in [0, 0.05) is 48.8 Å². The number of carboxylic acids is 1. The number of para-hydroxylation sites is 1. The van der Waals surface area contributed by atoms with E-state index < -0.39 is 24.0 Å². The highest BCUT2D eigenvalue weighted by Crippen LogP contribution is 2.52. The average Bonchev–Trinajstić information content (AvgIpc) is 3.34. The number of hydrogen-bond acceptors (Lipinski definition) is 8. The van der Waals surface area contributed by atoms with Crippen molar-refractivity contribution in [2.75, 3.05) is 34.9 Å². The number of aliphatic carboxylic acids is 1. The number of benzene rings is 1. The van der Waals surface area contributed by atoms with Gasteiger partial charge in [0.1, 0.15) is 5.70 Å². The maximum Gasteiger partial charge on any atom is 0.353 e. The van der Waals surface area contributed by atoms with E-state index in [0.29, 0.717) is 35.9 Å². The van der Waals surface area contributed by atoms with Crippen LogP contribution in [0, 0.1) is 11.8 Å². The number of likely N-dealkylation sites (N-methyl/N-ethyl adjacent to an activating group) is 1. The molecule has 6 atom stereocenters. The first-order chi connectivity index (χ1) is 17.5. The Labute approximate surface area is 221 Å². The second-order valence-electron chi connectivity index (χ2n) is 10.1. The molecule has 2 fully saturated rings. The molecule has 0 unspecified atom stereocenters. The number of fused-ring (bicyclic) bond motifs is 1. The van der Waals surface area contributed by atoms with Crippen LogP contribution in [0.4, 0.5) is 0 Å². The van der Waals surface area contributed by atoms with Crippen LogP contribution < -0.4 is 9.47 Å². The van der Waals surface area contributed by atoms with Crippen molar-refractivity contribution < 1.29 is 34.1 Å². The van der Waals surface area contributed by atoms with E-state index in [1.165, 1.54) is 16.7 Å². The fourth-order valence-corrected chi connectivity index (χ4v) is 7.39. The second-order valence-corrected chi connectivity index (χ2v) is 11.4. The van der Waals surface area contributed by atoms with Gasteiger partial charge in [-0.2, -0.15) is 0 Å². The molecule has 37 heavy (non-hydrogen) atoms. The van der Waals surface area contributed by atoms with Crippen LogP contribution in [0.2, 0.25) is 0 Å². The maximum atomic E-state index is 13.2. The molecule has 202 valence electrons. The average molecular weight is 534 g/mol. The number of carbonyl (C=O) groups is 3. The van der Waals surface area contributed by atoms with Crippen molar-refractivity contribution in [1.29, 1.82) is 0 Å². The van der Waals surface area contributed by atoms with Gasteiger partial charge in [-0.1, -0.05) is 19.1 Å². The molecule has 2 amide bonds. The lowest BCUT2D eigenvalue weighted by Crippen LogP contribution is -2.63. The molecule has 11 heteroatoms. The highest BCUT2D eigenvalue weighted by molar-refractivity contribution is 8.03. The summed E-state index contributed by atoms with van der Waals surface area (Å²) in [6, 6.07) is 4.89. The number of aliphatic hydroxyl groups is 1. The van der Waals surface area contributed by atoms with Crippen molar-refractivity contribution in [3.63, 3.8) is 0 Å². The van der Waals surface area contributed by atoms with Crippen molar-refractivity contribution in [3.8, 4) is 11.5 Å². The first kappa shape index (κ1) is 27.3. The van der Waals surface area contributed by atoms with Crippen molar-refractivity contribution in [2.24, 2.45) is 11.8 Å². The van der Waals surface area contributed by atoms with Crippen LogP contribution >= 0.6 is 11.8 Å². The molecule has 0 bridgehead atoms. The van der Waals surface area contributed by atoms with Gasteiger partial charge in [0.25, 0.3) is 0 Å². The quantitative estimate of drug-likeness (QED) is 0.456. The van der Waals surface area contributed by atoms with Gasteiger partial charge in [0.15, 0.2) is 11.5 Å². The predicted molar refractivity (Wildman–Crippen MR) is 138 cm³/mol. The lowest BCUT2D eigenvalue weighted by atomic mass is 9.79. The Morgan fingerprint density at radius 3 is 2.51 bits per heavy atom. The monoisotopic (exact) mass is 533 g/mol. The van der Waals surface area contributed by atoms with Crippen molar-refractivity contribution >= 4 is 29.5 Å². The Morgan fingerprint density at radius 2 is 1.95 bits per heavy atom. The first-order valence-electron chi connectivity index (χ1n) is 12.3. The van der Waals surface area contributed by atoms with Gasteiger partial charge in [0.2, 0.25) is 11.8 Å². The number of nitrogens with zero attached hydrogens (tertiary/aromatic N) is 3. The summed E-state index contributed by atoms with van der Waals surface area (Å²) < 4.78 is 11.0. The van der Waals surface area contributed by atoms with Gasteiger partial charge in [-0.15, -0.1) is 11.8 Å². The lowest BCUT2D eigenvalue weighted by molar-refractivity contribution is -0.163. The summed E-state index contributed by atoms with van der Waals surface area (Å²) in [6.07, 6.45) is -0.312. The molecule has 0 saturated carbocycles. The zero-order chi connectivity index (χ0) is 27.2. The topological polar surface area (TPSA) is 120 Å². The summed E-state index contributed by atoms with van der Waals surface area (Å²) >= 11 is 1.44. The van der Waals surface area contributed by atoms with Crippen LogP contribution in [0.1, 0.15) is 25.8 Å². The third kappa shape index (κ3) is 4.68. The molecule has 0 spiro atoms. The Morgan fingerprint density at radius 1 is 1.24 bits per heavy atom. The fraction of sp³-hybridized carbons (Fsp3) is 0.577. The Hall–Kier alpha value is -2.76. The normalized spacial score (nSPS) is 28.1. The molecular formula is C26H35N3O7S. The Bertz CT molecular complexity index is 1120. The Kier molecular flexibility index (Phi) is 7.77. The van der Waals surface area contributed by atoms with Gasteiger partial charge < -0.3 is 29.5 Å². The van der Waals surface area contributed by atoms with E-state index in [1.54, 1.807) is 40.1 Å². The molecule has 2 saturated heterocycles. The minimum absolute atomic E-state index is 0.00722. The van der Waals surface area contributed by atoms with E-state index in [2.05, 4.69) is 4.90 Å². The van der Waals surface area contributed by atoms with E-state index >= 15 is 0 Å². The molecule has 3 heterocycles. The van der Waals surface area contributed by atoms with Gasteiger partial charge in [-0.05, 0) is 19.4 Å². The third-order valence-electron chi connectivity index (χ3n) is 7.55. The predicted octanol–water partition coefficient (Wildman–Crippen LogP) is 1.62. The first-order valence-corrected chi connectivity index (χ1v) is 13.2. The standard InChI is InChI=1S/C26H35N3O7S/c1-13-20-19(14(2)30)25(32)29(20)21(26(33)34)23(13)37-16-10-17(24(31)27(3)4)28(12-16)11-15-8-7-9-18(35-5)22(15)36-6/h7-9,13-14,16-17,19-20,30H,10-12H2,1-6H3,(H,33,34)/t13-,14-,16+,17+,19-,20-/m1/s1. The second kappa shape index (κ2) is 10.5. The van der Waals surface area contributed by atoms with Crippen molar-refractivity contribution in [2.45, 2.75) is 50.3 Å². The molecule has 0 radical (unpaired) electrons. The zero-order valence-electron chi connectivity index (χ0n) is 22.0. The van der Waals surface area contributed by atoms with Crippen LogP contribution in [0.3, 0.4) is 0 Å². The van der Waals surface area contributed by atoms with Crippen LogP contribution in [-0.2, 0) is 20.9 Å². The number of β-lactam (4-membered cyclic amide) rings is 1. The van der Waals surface area contributed by atoms with E-state index in [0.717, 1.165) is 5.56 Å². The maximum absolute atomic E-state index is 13.2. The zero-order valence-corrected chi connectivity index (χ0v) is 22.8. The SMILES string of the molecule is COc1cccc(CN2C[C@@H](SC3=C(C(=O)O)N4C(=O)[C@H]([C@@H](C)O)[C@H]4[C@H]3C)C[C@H]2C(=O)N(C)C)c1OC. The van der Waals surface area contributed by atoms with Crippen LogP contribution in [0.25, 0.3) is 0 Å². The number of hydrogen-bond donors (Lipinski definition) is 2. The van der Waals surface area contributed by atoms with Gasteiger partial charge >= 0.3 is 5.97 Å². The molecule has 3 aliphatic heterocycles. The summed E-state index contributed by atoms with van der Waals surface area (Å²) in [4.78, 5) is 43.7. The lowest BCUT2D eigenvalue weighted by Gasteiger charge is -2.46. The minimum Gasteiger partial charge on any atom is -0.493 e. The van der Waals surface area contributed by atoms with Crippen molar-refractivity contribution in [3.05, 3.63) is 34.4 Å². The molecule has 1 aromatic carbocycles. The summed E-state index contributed by atoms with van der Waals surface area (Å²) in [5, 5.41) is 20.0. The number of ether oxygens (including phenoxy) is 2. The highest BCUT2D eigenvalue weighted by Gasteiger charge is 2.60. The number of thioether (sulfide) groups is 1.